The van der Waals surface area contributed by atoms with Crippen molar-refractivity contribution < 1.29 is 13.2 Å². The van der Waals surface area contributed by atoms with Crippen molar-refractivity contribution in [1.29, 1.82) is 0 Å². The fourth-order valence-corrected chi connectivity index (χ4v) is 3.56. The summed E-state index contributed by atoms with van der Waals surface area (Å²) in [6, 6.07) is 9.15. The number of halogens is 4. The lowest BCUT2D eigenvalue weighted by Gasteiger charge is -2.14. The van der Waals surface area contributed by atoms with Crippen LogP contribution in [0.15, 0.2) is 45.8 Å². The molecule has 9 heteroatoms. The highest BCUT2D eigenvalue weighted by Gasteiger charge is 2.31. The summed E-state index contributed by atoms with van der Waals surface area (Å²) in [6.45, 7) is 1.59. The van der Waals surface area contributed by atoms with Crippen LogP contribution in [0.3, 0.4) is 0 Å². The van der Waals surface area contributed by atoms with Gasteiger partial charge in [-0.2, -0.15) is 13.2 Å². The Kier molecular flexibility index (Phi) is 6.70. The Morgan fingerprint density at radius 3 is 2.55 bits per heavy atom. The van der Waals surface area contributed by atoms with Crippen LogP contribution >= 0.6 is 28.6 Å². The average Bonchev–Trinajstić information content (AvgIpc) is 2.63. The fraction of sp³-hybridized carbons (Fsp3) is 0.300. The van der Waals surface area contributed by atoms with Crippen molar-refractivity contribution in [3.8, 4) is 11.4 Å². The van der Waals surface area contributed by atoms with Crippen LogP contribution in [0.1, 0.15) is 12.0 Å². The van der Waals surface area contributed by atoms with Crippen molar-refractivity contribution in [2.24, 2.45) is 0 Å². The SMILES string of the molecule is CN(C)CCCNc1nc(-c2cc(Br)cc(C(F)(F)F)c2)nc2cc(S)ccc12. The van der Waals surface area contributed by atoms with Gasteiger partial charge in [0.25, 0.3) is 0 Å². The number of nitrogens with one attached hydrogen (secondary N) is 1. The van der Waals surface area contributed by atoms with E-state index in [1.165, 1.54) is 0 Å². The minimum atomic E-state index is -4.46. The first-order chi connectivity index (χ1) is 13.6. The molecule has 154 valence electrons. The fourth-order valence-electron chi connectivity index (χ4n) is 2.87. The zero-order chi connectivity index (χ0) is 21.2. The second-order valence-electron chi connectivity index (χ2n) is 6.91. The van der Waals surface area contributed by atoms with Crippen molar-refractivity contribution in [2.45, 2.75) is 17.5 Å². The van der Waals surface area contributed by atoms with Gasteiger partial charge in [-0.3, -0.25) is 0 Å². The second-order valence-corrected chi connectivity index (χ2v) is 8.34. The number of hydrogen-bond donors (Lipinski definition) is 2. The van der Waals surface area contributed by atoms with Gasteiger partial charge in [0.05, 0.1) is 11.1 Å². The number of benzene rings is 2. The van der Waals surface area contributed by atoms with Crippen LogP contribution in [0, 0.1) is 0 Å². The quantitative estimate of drug-likeness (QED) is 0.346. The summed E-state index contributed by atoms with van der Waals surface area (Å²) in [6.07, 6.45) is -3.56. The topological polar surface area (TPSA) is 41.0 Å². The van der Waals surface area contributed by atoms with E-state index in [1.807, 2.05) is 26.2 Å². The van der Waals surface area contributed by atoms with Gasteiger partial charge in [0.1, 0.15) is 5.82 Å². The minimum Gasteiger partial charge on any atom is -0.369 e. The number of fused-ring (bicyclic) bond motifs is 1. The van der Waals surface area contributed by atoms with E-state index in [9.17, 15) is 13.2 Å². The van der Waals surface area contributed by atoms with Gasteiger partial charge in [0.15, 0.2) is 5.82 Å². The largest absolute Gasteiger partial charge is 0.416 e. The molecule has 1 heterocycles. The number of alkyl halides is 3. The van der Waals surface area contributed by atoms with Gasteiger partial charge in [-0.15, -0.1) is 12.6 Å². The molecule has 0 aliphatic rings. The predicted molar refractivity (Wildman–Crippen MR) is 117 cm³/mol. The molecule has 0 radical (unpaired) electrons. The van der Waals surface area contributed by atoms with Crippen molar-refractivity contribution in [2.75, 3.05) is 32.5 Å². The van der Waals surface area contributed by atoms with Crippen LogP contribution in [0.5, 0.6) is 0 Å². The molecule has 1 N–H and O–H groups in total. The highest BCUT2D eigenvalue weighted by molar-refractivity contribution is 9.10. The lowest BCUT2D eigenvalue weighted by atomic mass is 10.1. The summed E-state index contributed by atoms with van der Waals surface area (Å²) in [5, 5.41) is 4.09. The summed E-state index contributed by atoms with van der Waals surface area (Å²) in [5.74, 6) is 0.809. The van der Waals surface area contributed by atoms with Crippen LogP contribution in [-0.4, -0.2) is 42.1 Å². The first-order valence-corrected chi connectivity index (χ1v) is 10.1. The molecule has 0 aliphatic carbocycles. The van der Waals surface area contributed by atoms with E-state index in [-0.39, 0.29) is 11.4 Å². The normalized spacial score (nSPS) is 12.0. The summed E-state index contributed by atoms with van der Waals surface area (Å²) in [4.78, 5) is 11.8. The summed E-state index contributed by atoms with van der Waals surface area (Å²) < 4.78 is 40.0. The Morgan fingerprint density at radius 1 is 1.10 bits per heavy atom. The Labute approximate surface area is 181 Å². The number of anilines is 1. The Bertz CT molecular complexity index is 1020. The summed E-state index contributed by atoms with van der Waals surface area (Å²) in [5.41, 5.74) is 0.148. The monoisotopic (exact) mass is 484 g/mol. The maximum absolute atomic E-state index is 13.2. The molecule has 0 fully saturated rings. The van der Waals surface area contributed by atoms with E-state index in [2.05, 4.69) is 48.7 Å². The maximum Gasteiger partial charge on any atom is 0.416 e. The molecule has 3 aromatic rings. The Hall–Kier alpha value is -1.84. The van der Waals surface area contributed by atoms with E-state index < -0.39 is 11.7 Å². The molecule has 0 bridgehead atoms. The van der Waals surface area contributed by atoms with E-state index >= 15 is 0 Å². The van der Waals surface area contributed by atoms with Gasteiger partial charge in [-0.1, -0.05) is 15.9 Å². The minimum absolute atomic E-state index is 0.221. The van der Waals surface area contributed by atoms with Gasteiger partial charge < -0.3 is 10.2 Å². The maximum atomic E-state index is 13.2. The zero-order valence-corrected chi connectivity index (χ0v) is 18.4. The lowest BCUT2D eigenvalue weighted by molar-refractivity contribution is -0.137. The van der Waals surface area contributed by atoms with Crippen LogP contribution in [0.2, 0.25) is 0 Å². The van der Waals surface area contributed by atoms with Crippen LogP contribution in [-0.2, 0) is 6.18 Å². The standard InChI is InChI=1S/C20H20BrF3N4S/c1-28(2)7-3-6-25-19-16-5-4-15(29)11-17(16)26-18(27-19)12-8-13(20(22,23)24)10-14(21)9-12/h4-5,8-11,29H,3,6-7H2,1-2H3,(H,25,26,27). The molecular formula is C20H20BrF3N4S. The molecule has 0 aliphatic heterocycles. The number of thiol groups is 1. The van der Waals surface area contributed by atoms with E-state index in [4.69, 9.17) is 0 Å². The first-order valence-electron chi connectivity index (χ1n) is 8.91. The molecule has 2 aromatic carbocycles. The van der Waals surface area contributed by atoms with Gasteiger partial charge in [-0.25, -0.2) is 9.97 Å². The zero-order valence-electron chi connectivity index (χ0n) is 15.9. The molecule has 29 heavy (non-hydrogen) atoms. The predicted octanol–water partition coefficient (Wildman–Crippen LogP) is 5.73. The molecule has 1 aromatic heterocycles. The second kappa shape index (κ2) is 8.89. The number of hydrogen-bond acceptors (Lipinski definition) is 5. The number of rotatable bonds is 6. The lowest BCUT2D eigenvalue weighted by Crippen LogP contribution is -2.17. The highest BCUT2D eigenvalue weighted by Crippen LogP contribution is 2.35. The Morgan fingerprint density at radius 2 is 1.86 bits per heavy atom. The van der Waals surface area contributed by atoms with Crippen molar-refractivity contribution >= 4 is 45.3 Å². The number of nitrogens with zero attached hydrogens (tertiary/aromatic N) is 3. The molecule has 0 saturated carbocycles. The summed E-state index contributed by atoms with van der Waals surface area (Å²) in [7, 11) is 4.00. The molecule has 0 amide bonds. The van der Waals surface area contributed by atoms with Crippen LogP contribution < -0.4 is 5.32 Å². The smallest absolute Gasteiger partial charge is 0.369 e. The third-order valence-corrected chi connectivity index (χ3v) is 4.97. The van der Waals surface area contributed by atoms with E-state index in [0.29, 0.717) is 27.2 Å². The van der Waals surface area contributed by atoms with Gasteiger partial charge >= 0.3 is 6.18 Å². The molecule has 0 atom stereocenters. The van der Waals surface area contributed by atoms with Crippen LogP contribution in [0.4, 0.5) is 19.0 Å². The first kappa shape index (κ1) is 21.9. The van der Waals surface area contributed by atoms with Crippen LogP contribution in [0.25, 0.3) is 22.3 Å². The van der Waals surface area contributed by atoms with Crippen molar-refractivity contribution in [3.05, 3.63) is 46.4 Å². The van der Waals surface area contributed by atoms with Gasteiger partial charge in [0, 0.05) is 26.9 Å². The number of aromatic nitrogens is 2. The molecule has 0 spiro atoms. The van der Waals surface area contributed by atoms with Gasteiger partial charge in [-0.05, 0) is 63.5 Å². The summed E-state index contributed by atoms with van der Waals surface area (Å²) >= 11 is 7.51. The van der Waals surface area contributed by atoms with E-state index in [0.717, 1.165) is 30.5 Å². The molecule has 3 rings (SSSR count). The molecule has 0 unspecified atom stereocenters. The van der Waals surface area contributed by atoms with Crippen molar-refractivity contribution in [3.63, 3.8) is 0 Å². The average molecular weight is 485 g/mol. The van der Waals surface area contributed by atoms with E-state index in [1.54, 1.807) is 12.1 Å². The van der Waals surface area contributed by atoms with Crippen molar-refractivity contribution in [1.82, 2.24) is 14.9 Å². The third-order valence-electron chi connectivity index (χ3n) is 4.24. The third kappa shape index (κ3) is 5.61. The molecular weight excluding hydrogens is 465 g/mol. The molecule has 4 nitrogen and oxygen atoms in total. The van der Waals surface area contributed by atoms with Gasteiger partial charge in [0.2, 0.25) is 0 Å². The molecule has 0 saturated heterocycles. The Balaban J connectivity index is 2.05. The highest BCUT2D eigenvalue weighted by atomic mass is 79.9.